The second kappa shape index (κ2) is 5.82. The van der Waals surface area contributed by atoms with Crippen molar-refractivity contribution >= 4 is 17.7 Å². The Morgan fingerprint density at radius 2 is 1.90 bits per heavy atom. The van der Waals surface area contributed by atoms with E-state index >= 15 is 0 Å². The Kier molecular flexibility index (Phi) is 4.46. The van der Waals surface area contributed by atoms with Gasteiger partial charge in [-0.15, -0.1) is 0 Å². The van der Waals surface area contributed by atoms with Crippen molar-refractivity contribution in [3.05, 3.63) is 28.3 Å². The van der Waals surface area contributed by atoms with Crippen molar-refractivity contribution in [2.75, 3.05) is 7.11 Å². The van der Waals surface area contributed by atoms with Crippen LogP contribution in [0.5, 0.6) is 5.75 Å². The molecule has 21 heavy (non-hydrogen) atoms. The zero-order chi connectivity index (χ0) is 15.7. The molecule has 0 aromatic heterocycles. The molecule has 0 atom stereocenters. The molecule has 1 saturated carbocycles. The van der Waals surface area contributed by atoms with E-state index in [-0.39, 0.29) is 5.41 Å². The van der Waals surface area contributed by atoms with Gasteiger partial charge in [0.25, 0.3) is 0 Å². The second-order valence-electron chi connectivity index (χ2n) is 6.73. The molecule has 0 heterocycles. The number of carbonyl (C=O) groups excluding carboxylic acids is 1. The highest BCUT2D eigenvalue weighted by Gasteiger charge is 2.40. The lowest BCUT2D eigenvalue weighted by molar-refractivity contribution is 0.366. The van der Waals surface area contributed by atoms with E-state index in [0.29, 0.717) is 5.02 Å². The minimum atomic E-state index is -0.530. The molecule has 1 aromatic rings. The maximum absolute atomic E-state index is 10.9. The van der Waals surface area contributed by atoms with Gasteiger partial charge in [0.2, 0.25) is 6.08 Å². The molecule has 0 amide bonds. The van der Waals surface area contributed by atoms with Crippen LogP contribution in [0, 0.1) is 0 Å². The second-order valence-corrected chi connectivity index (χ2v) is 7.16. The normalized spacial score (nSPS) is 17.4. The molecule has 1 aromatic carbocycles. The predicted molar refractivity (Wildman–Crippen MR) is 85.0 cm³/mol. The van der Waals surface area contributed by atoms with E-state index in [4.69, 9.17) is 16.3 Å². The third kappa shape index (κ3) is 3.00. The van der Waals surface area contributed by atoms with E-state index < -0.39 is 5.54 Å². The van der Waals surface area contributed by atoms with Crippen LogP contribution in [0.1, 0.15) is 57.6 Å². The van der Waals surface area contributed by atoms with Crippen LogP contribution in [-0.2, 0) is 15.7 Å². The van der Waals surface area contributed by atoms with Gasteiger partial charge in [-0.2, -0.15) is 4.99 Å². The lowest BCUT2D eigenvalue weighted by Crippen LogP contribution is -2.23. The number of nitrogens with zero attached hydrogens (tertiary/aromatic N) is 1. The molecular weight excluding hydrogens is 286 g/mol. The number of hydrogen-bond acceptors (Lipinski definition) is 3. The summed E-state index contributed by atoms with van der Waals surface area (Å²) in [6.45, 7) is 6.36. The van der Waals surface area contributed by atoms with Crippen molar-refractivity contribution in [1.82, 2.24) is 0 Å². The maximum Gasteiger partial charge on any atom is 0.235 e. The van der Waals surface area contributed by atoms with Crippen molar-refractivity contribution in [3.63, 3.8) is 0 Å². The van der Waals surface area contributed by atoms with Crippen molar-refractivity contribution in [1.29, 1.82) is 0 Å². The SMILES string of the molecule is COc1c(C(C)(C)C)cc(Cl)cc1C1(N=C=O)CCCC1. The molecule has 2 rings (SSSR count). The fourth-order valence-corrected chi connectivity index (χ4v) is 3.42. The maximum atomic E-state index is 10.9. The van der Waals surface area contributed by atoms with E-state index in [1.165, 1.54) is 0 Å². The van der Waals surface area contributed by atoms with Gasteiger partial charge in [-0.05, 0) is 30.4 Å². The highest BCUT2D eigenvalue weighted by Crippen LogP contribution is 2.49. The largest absolute Gasteiger partial charge is 0.496 e. The van der Waals surface area contributed by atoms with Gasteiger partial charge in [0.05, 0.1) is 7.11 Å². The van der Waals surface area contributed by atoms with Crippen LogP contribution in [0.25, 0.3) is 0 Å². The standard InChI is InChI=1S/C17H22ClNO2/c1-16(2,3)13-9-12(18)10-14(15(13)21-4)17(19-11-20)7-5-6-8-17/h9-10H,5-8H2,1-4H3. The number of isocyanates is 1. The van der Waals surface area contributed by atoms with Gasteiger partial charge in [-0.3, -0.25) is 0 Å². The number of methoxy groups -OCH3 is 1. The molecular formula is C17H22ClNO2. The Bertz CT molecular complexity index is 577. The van der Waals surface area contributed by atoms with Crippen molar-refractivity contribution < 1.29 is 9.53 Å². The highest BCUT2D eigenvalue weighted by atomic mass is 35.5. The first-order valence-electron chi connectivity index (χ1n) is 7.31. The number of aliphatic imine (C=N–C) groups is 1. The Labute approximate surface area is 131 Å². The van der Waals surface area contributed by atoms with E-state index in [1.807, 2.05) is 12.1 Å². The van der Waals surface area contributed by atoms with E-state index in [9.17, 15) is 4.79 Å². The van der Waals surface area contributed by atoms with Crippen LogP contribution in [0.3, 0.4) is 0 Å². The fraction of sp³-hybridized carbons (Fsp3) is 0.588. The summed E-state index contributed by atoms with van der Waals surface area (Å²) in [5.74, 6) is 0.799. The minimum absolute atomic E-state index is 0.102. The third-order valence-corrected chi connectivity index (χ3v) is 4.48. The summed E-state index contributed by atoms with van der Waals surface area (Å²) in [6.07, 6.45) is 5.52. The van der Waals surface area contributed by atoms with Crippen LogP contribution in [0.4, 0.5) is 0 Å². The summed E-state index contributed by atoms with van der Waals surface area (Å²) in [5, 5.41) is 0.656. The first kappa shape index (κ1) is 16.1. The van der Waals surface area contributed by atoms with Gasteiger partial charge < -0.3 is 4.74 Å². The monoisotopic (exact) mass is 307 g/mol. The number of hydrogen-bond donors (Lipinski definition) is 0. The zero-order valence-electron chi connectivity index (χ0n) is 13.1. The van der Waals surface area contributed by atoms with Crippen LogP contribution in [0.15, 0.2) is 17.1 Å². The molecule has 114 valence electrons. The number of benzene rings is 1. The molecule has 0 unspecified atom stereocenters. The van der Waals surface area contributed by atoms with Gasteiger partial charge in [0.1, 0.15) is 11.3 Å². The Morgan fingerprint density at radius 1 is 1.29 bits per heavy atom. The summed E-state index contributed by atoms with van der Waals surface area (Å²) in [6, 6.07) is 3.83. The molecule has 1 fully saturated rings. The smallest absolute Gasteiger partial charge is 0.235 e. The van der Waals surface area contributed by atoms with Crippen molar-refractivity contribution in [2.24, 2.45) is 4.99 Å². The van der Waals surface area contributed by atoms with Crippen LogP contribution >= 0.6 is 11.6 Å². The van der Waals surface area contributed by atoms with Crippen LogP contribution < -0.4 is 4.74 Å². The lowest BCUT2D eigenvalue weighted by atomic mass is 9.80. The Morgan fingerprint density at radius 3 is 2.38 bits per heavy atom. The molecule has 0 spiro atoms. The molecule has 0 N–H and O–H groups in total. The Hall–Kier alpha value is -1.31. The zero-order valence-corrected chi connectivity index (χ0v) is 13.9. The summed E-state index contributed by atoms with van der Waals surface area (Å²) in [4.78, 5) is 15.1. The molecule has 0 aliphatic heterocycles. The molecule has 1 aliphatic carbocycles. The highest BCUT2D eigenvalue weighted by molar-refractivity contribution is 6.30. The fourth-order valence-electron chi connectivity index (χ4n) is 3.20. The van der Waals surface area contributed by atoms with Crippen molar-refractivity contribution in [2.45, 2.75) is 57.4 Å². The first-order valence-corrected chi connectivity index (χ1v) is 7.69. The van der Waals surface area contributed by atoms with Crippen molar-refractivity contribution in [3.8, 4) is 5.75 Å². The molecule has 4 heteroatoms. The molecule has 0 bridgehead atoms. The average Bonchev–Trinajstić information content (AvgIpc) is 2.87. The molecule has 0 radical (unpaired) electrons. The molecule has 1 aliphatic rings. The summed E-state index contributed by atoms with van der Waals surface area (Å²) in [7, 11) is 1.66. The quantitative estimate of drug-likeness (QED) is 0.597. The van der Waals surface area contributed by atoms with Crippen LogP contribution in [-0.4, -0.2) is 13.2 Å². The number of ether oxygens (including phenoxy) is 1. The predicted octanol–water partition coefficient (Wildman–Crippen LogP) is 4.75. The number of halogens is 1. The van der Waals surface area contributed by atoms with E-state index in [0.717, 1.165) is 42.6 Å². The van der Waals surface area contributed by atoms with E-state index in [1.54, 1.807) is 13.2 Å². The topological polar surface area (TPSA) is 38.7 Å². The van der Waals surface area contributed by atoms with Gasteiger partial charge in [0.15, 0.2) is 0 Å². The number of rotatable bonds is 3. The summed E-state index contributed by atoms with van der Waals surface area (Å²) in [5.41, 5.74) is 1.33. The third-order valence-electron chi connectivity index (χ3n) is 4.26. The van der Waals surface area contributed by atoms with E-state index in [2.05, 4.69) is 25.8 Å². The average molecular weight is 308 g/mol. The van der Waals surface area contributed by atoms with Gasteiger partial charge in [-0.25, -0.2) is 4.79 Å². The molecule has 3 nitrogen and oxygen atoms in total. The minimum Gasteiger partial charge on any atom is -0.496 e. The lowest BCUT2D eigenvalue weighted by Gasteiger charge is -2.30. The van der Waals surface area contributed by atoms with Gasteiger partial charge >= 0.3 is 0 Å². The summed E-state index contributed by atoms with van der Waals surface area (Å²) < 4.78 is 5.69. The molecule has 0 saturated heterocycles. The first-order chi connectivity index (χ1) is 9.84. The van der Waals surface area contributed by atoms with Crippen LogP contribution in [0.2, 0.25) is 5.02 Å². The van der Waals surface area contributed by atoms with Gasteiger partial charge in [0, 0.05) is 16.1 Å². The Balaban J connectivity index is 2.73. The van der Waals surface area contributed by atoms with Gasteiger partial charge in [-0.1, -0.05) is 45.2 Å². The summed E-state index contributed by atoms with van der Waals surface area (Å²) >= 11 is 6.33.